The van der Waals surface area contributed by atoms with Crippen LogP contribution in [0.25, 0.3) is 0 Å². The second-order valence-electron chi connectivity index (χ2n) is 4.89. The van der Waals surface area contributed by atoms with E-state index in [1.165, 1.54) is 6.07 Å². The molecule has 1 N–H and O–H groups in total. The molecule has 0 fully saturated rings. The molecule has 6 nitrogen and oxygen atoms in total. The Morgan fingerprint density at radius 1 is 1.15 bits per heavy atom. The summed E-state index contributed by atoms with van der Waals surface area (Å²) in [6.07, 6.45) is -3.49. The standard InChI is InChI=1S/C16H12BrF3N2O4/c17-11-3-1-2-4-12(11)22-13(23)8-25-15(24)10-5-6-14(21-7-10)26-9-16(18,19)20/h1-7H,8-9H2,(H,22,23). The number of halogens is 4. The first-order valence-corrected chi connectivity index (χ1v) is 7.91. The number of esters is 1. The largest absolute Gasteiger partial charge is 0.468 e. The van der Waals surface area contributed by atoms with Crippen molar-refractivity contribution in [2.75, 3.05) is 18.5 Å². The van der Waals surface area contributed by atoms with Crippen molar-refractivity contribution in [3.8, 4) is 5.88 Å². The van der Waals surface area contributed by atoms with Crippen LogP contribution >= 0.6 is 15.9 Å². The molecule has 0 atom stereocenters. The van der Waals surface area contributed by atoms with Gasteiger partial charge >= 0.3 is 12.1 Å². The normalized spacial score (nSPS) is 10.9. The lowest BCUT2D eigenvalue weighted by atomic mass is 10.3. The van der Waals surface area contributed by atoms with Crippen LogP contribution < -0.4 is 10.1 Å². The van der Waals surface area contributed by atoms with Crippen molar-refractivity contribution in [2.24, 2.45) is 0 Å². The van der Waals surface area contributed by atoms with Crippen molar-refractivity contribution >= 4 is 33.5 Å². The first-order chi connectivity index (χ1) is 12.2. The summed E-state index contributed by atoms with van der Waals surface area (Å²) in [5.41, 5.74) is 0.486. The van der Waals surface area contributed by atoms with Crippen LogP contribution in [0.5, 0.6) is 5.88 Å². The van der Waals surface area contributed by atoms with E-state index < -0.39 is 31.3 Å². The zero-order valence-electron chi connectivity index (χ0n) is 13.0. The Balaban J connectivity index is 1.84. The van der Waals surface area contributed by atoms with Gasteiger partial charge in [0.05, 0.1) is 11.3 Å². The van der Waals surface area contributed by atoms with Crippen LogP contribution in [-0.4, -0.2) is 36.3 Å². The Morgan fingerprint density at radius 2 is 1.88 bits per heavy atom. The Kier molecular flexibility index (Phi) is 6.56. The third-order valence-electron chi connectivity index (χ3n) is 2.84. The van der Waals surface area contributed by atoms with Gasteiger partial charge < -0.3 is 14.8 Å². The summed E-state index contributed by atoms with van der Waals surface area (Å²) in [6.45, 7) is -2.02. The highest BCUT2D eigenvalue weighted by atomic mass is 79.9. The lowest BCUT2D eigenvalue weighted by molar-refractivity contribution is -0.154. The second kappa shape index (κ2) is 8.65. The van der Waals surface area contributed by atoms with Gasteiger partial charge in [0.2, 0.25) is 5.88 Å². The van der Waals surface area contributed by atoms with Crippen molar-refractivity contribution in [3.63, 3.8) is 0 Å². The van der Waals surface area contributed by atoms with E-state index in [0.717, 1.165) is 12.3 Å². The van der Waals surface area contributed by atoms with Crippen LogP contribution in [0.15, 0.2) is 47.1 Å². The monoisotopic (exact) mass is 432 g/mol. The van der Waals surface area contributed by atoms with Crippen molar-refractivity contribution in [1.29, 1.82) is 0 Å². The number of hydrogen-bond acceptors (Lipinski definition) is 5. The molecule has 10 heteroatoms. The van der Waals surface area contributed by atoms with Gasteiger partial charge in [-0.1, -0.05) is 12.1 Å². The van der Waals surface area contributed by atoms with Crippen LogP contribution in [0, 0.1) is 0 Å². The van der Waals surface area contributed by atoms with Gasteiger partial charge in [0.1, 0.15) is 0 Å². The number of carbonyl (C=O) groups excluding carboxylic acids is 2. The summed E-state index contributed by atoms with van der Waals surface area (Å²) in [5, 5.41) is 2.55. The summed E-state index contributed by atoms with van der Waals surface area (Å²) < 4.78 is 46.0. The number of anilines is 1. The SMILES string of the molecule is O=C(COC(=O)c1ccc(OCC(F)(F)F)nc1)Nc1ccccc1Br. The van der Waals surface area contributed by atoms with Crippen molar-refractivity contribution in [1.82, 2.24) is 4.98 Å². The minimum atomic E-state index is -4.49. The van der Waals surface area contributed by atoms with Crippen molar-refractivity contribution in [3.05, 3.63) is 52.6 Å². The Bertz CT molecular complexity index is 782. The quantitative estimate of drug-likeness (QED) is 0.705. The Morgan fingerprint density at radius 3 is 2.50 bits per heavy atom. The van der Waals surface area contributed by atoms with E-state index in [9.17, 15) is 22.8 Å². The minimum Gasteiger partial charge on any atom is -0.468 e. The highest BCUT2D eigenvalue weighted by molar-refractivity contribution is 9.10. The first-order valence-electron chi connectivity index (χ1n) is 7.12. The number of amides is 1. The van der Waals surface area contributed by atoms with Crippen LogP contribution in [0.1, 0.15) is 10.4 Å². The smallest absolute Gasteiger partial charge is 0.422 e. The van der Waals surface area contributed by atoms with Gasteiger partial charge in [-0.05, 0) is 34.1 Å². The number of pyridine rings is 1. The number of aromatic nitrogens is 1. The fraction of sp³-hybridized carbons (Fsp3) is 0.188. The molecule has 0 saturated carbocycles. The van der Waals surface area contributed by atoms with Gasteiger partial charge in [-0.2, -0.15) is 13.2 Å². The van der Waals surface area contributed by atoms with Gasteiger partial charge in [-0.3, -0.25) is 4.79 Å². The topological polar surface area (TPSA) is 77.5 Å². The molecule has 0 aliphatic rings. The van der Waals surface area contributed by atoms with Crippen LogP contribution in [0.3, 0.4) is 0 Å². The number of alkyl halides is 3. The number of hydrogen-bond donors (Lipinski definition) is 1. The van der Waals surface area contributed by atoms with E-state index in [1.54, 1.807) is 24.3 Å². The Labute approximate surface area is 154 Å². The molecule has 0 spiro atoms. The summed E-state index contributed by atoms with van der Waals surface area (Å²) >= 11 is 3.26. The maximum atomic E-state index is 12.0. The molecule has 0 unspecified atom stereocenters. The number of nitrogens with one attached hydrogen (secondary N) is 1. The van der Waals surface area contributed by atoms with Gasteiger partial charge in [0.25, 0.3) is 5.91 Å². The minimum absolute atomic E-state index is 0.0296. The number of nitrogens with zero attached hydrogens (tertiary/aromatic N) is 1. The molecule has 2 aromatic rings. The zero-order valence-corrected chi connectivity index (χ0v) is 14.6. The fourth-order valence-corrected chi connectivity index (χ4v) is 2.09. The van der Waals surface area contributed by atoms with E-state index in [1.807, 2.05) is 0 Å². The molecule has 0 bridgehead atoms. The highest BCUT2D eigenvalue weighted by Gasteiger charge is 2.28. The average Bonchev–Trinajstić information content (AvgIpc) is 2.60. The van der Waals surface area contributed by atoms with E-state index in [-0.39, 0.29) is 11.4 Å². The highest BCUT2D eigenvalue weighted by Crippen LogP contribution is 2.21. The molecule has 2 rings (SSSR count). The number of ether oxygens (including phenoxy) is 2. The maximum Gasteiger partial charge on any atom is 0.422 e. The third kappa shape index (κ3) is 6.36. The number of rotatable bonds is 6. The summed E-state index contributed by atoms with van der Waals surface area (Å²) in [7, 11) is 0. The average molecular weight is 433 g/mol. The van der Waals surface area contributed by atoms with E-state index in [2.05, 4.69) is 31.0 Å². The van der Waals surface area contributed by atoms with E-state index in [0.29, 0.717) is 10.2 Å². The predicted molar refractivity (Wildman–Crippen MR) is 88.8 cm³/mol. The molecule has 138 valence electrons. The van der Waals surface area contributed by atoms with Crippen LogP contribution in [-0.2, 0) is 9.53 Å². The molecule has 1 aromatic heterocycles. The third-order valence-corrected chi connectivity index (χ3v) is 3.53. The van der Waals surface area contributed by atoms with Gasteiger partial charge in [0, 0.05) is 16.7 Å². The number of para-hydroxylation sites is 1. The lowest BCUT2D eigenvalue weighted by Crippen LogP contribution is -2.21. The molecule has 1 amide bonds. The molecule has 0 aliphatic heterocycles. The van der Waals surface area contributed by atoms with Crippen molar-refractivity contribution in [2.45, 2.75) is 6.18 Å². The second-order valence-corrected chi connectivity index (χ2v) is 5.75. The maximum absolute atomic E-state index is 12.0. The molecule has 26 heavy (non-hydrogen) atoms. The van der Waals surface area contributed by atoms with Crippen molar-refractivity contribution < 1.29 is 32.2 Å². The molecule has 1 aromatic carbocycles. The van der Waals surface area contributed by atoms with E-state index in [4.69, 9.17) is 4.74 Å². The first kappa shape index (κ1) is 19.7. The Hall–Kier alpha value is -2.62. The van der Waals surface area contributed by atoms with Gasteiger partial charge in [-0.15, -0.1) is 0 Å². The fourth-order valence-electron chi connectivity index (χ4n) is 1.71. The van der Waals surface area contributed by atoms with Crippen LogP contribution in [0.2, 0.25) is 0 Å². The summed E-state index contributed by atoms with van der Waals surface area (Å²) in [5.74, 6) is -1.68. The predicted octanol–water partition coefficient (Wildman–Crippen LogP) is 3.58. The molecule has 0 radical (unpaired) electrons. The molecule has 1 heterocycles. The van der Waals surface area contributed by atoms with Gasteiger partial charge in [-0.25, -0.2) is 9.78 Å². The van der Waals surface area contributed by atoms with Gasteiger partial charge in [0.15, 0.2) is 13.2 Å². The molecule has 0 aliphatic carbocycles. The van der Waals surface area contributed by atoms with E-state index >= 15 is 0 Å². The lowest BCUT2D eigenvalue weighted by Gasteiger charge is -2.09. The zero-order chi connectivity index (χ0) is 19.2. The summed E-state index contributed by atoms with van der Waals surface area (Å²) in [4.78, 5) is 27.2. The van der Waals surface area contributed by atoms with Crippen LogP contribution in [0.4, 0.5) is 18.9 Å². The molecular weight excluding hydrogens is 421 g/mol. The number of carbonyl (C=O) groups is 2. The summed E-state index contributed by atoms with van der Waals surface area (Å²) in [6, 6.07) is 9.18. The molecule has 0 saturated heterocycles. The number of benzene rings is 1. The molecular formula is C16H12BrF3N2O4.